The zero-order valence-corrected chi connectivity index (χ0v) is 15.4. The minimum atomic E-state index is -0.555. The third-order valence-electron chi connectivity index (χ3n) is 3.68. The van der Waals surface area contributed by atoms with Crippen molar-refractivity contribution in [3.8, 4) is 5.69 Å². The summed E-state index contributed by atoms with van der Waals surface area (Å²) in [4.78, 5) is 12.3. The van der Waals surface area contributed by atoms with Crippen LogP contribution in [0.2, 0.25) is 0 Å². The summed E-state index contributed by atoms with van der Waals surface area (Å²) in [5.74, 6) is 0.479. The van der Waals surface area contributed by atoms with E-state index in [-0.39, 0.29) is 6.10 Å². The molecular weight excluding hydrogens is 384 g/mol. The summed E-state index contributed by atoms with van der Waals surface area (Å²) in [5.41, 5.74) is 2.32. The molecule has 25 heavy (non-hydrogen) atoms. The van der Waals surface area contributed by atoms with E-state index in [9.17, 15) is 4.79 Å². The molecule has 0 unspecified atom stereocenters. The maximum Gasteiger partial charge on any atom is 0.413 e. The average Bonchev–Trinajstić information content (AvgIpc) is 2.97. The number of amides is 1. The zero-order valence-electron chi connectivity index (χ0n) is 13.8. The average molecular weight is 401 g/mol. The van der Waals surface area contributed by atoms with E-state index in [4.69, 9.17) is 4.74 Å². The Kier molecular flexibility index (Phi) is 5.14. The molecule has 1 atom stereocenters. The highest BCUT2D eigenvalue weighted by atomic mass is 79.9. The van der Waals surface area contributed by atoms with Crippen LogP contribution in [0.3, 0.4) is 0 Å². The van der Waals surface area contributed by atoms with Gasteiger partial charge < -0.3 is 4.74 Å². The Morgan fingerprint density at radius 2 is 1.84 bits per heavy atom. The van der Waals surface area contributed by atoms with Crippen LogP contribution in [0.15, 0.2) is 59.1 Å². The highest BCUT2D eigenvalue weighted by molar-refractivity contribution is 9.10. The van der Waals surface area contributed by atoms with Gasteiger partial charge >= 0.3 is 6.09 Å². The number of rotatable bonds is 4. The van der Waals surface area contributed by atoms with Crippen molar-refractivity contribution in [2.45, 2.75) is 20.0 Å². The van der Waals surface area contributed by atoms with Crippen LogP contribution in [-0.2, 0) is 4.74 Å². The molecule has 1 N–H and O–H groups in total. The standard InChI is InChI=1S/C18H17BrN4O2/c1-12-17(23(22-21-12)16-10-8-15(19)9-11-16)20-18(24)25-13(2)14-6-4-3-5-7-14/h3-11,13H,1-2H3,(H,20,24)/t13-/m1/s1. The molecule has 0 saturated heterocycles. The van der Waals surface area contributed by atoms with Crippen molar-refractivity contribution < 1.29 is 9.53 Å². The summed E-state index contributed by atoms with van der Waals surface area (Å²) in [6, 6.07) is 17.1. The molecule has 0 aliphatic heterocycles. The van der Waals surface area contributed by atoms with Crippen molar-refractivity contribution in [3.05, 3.63) is 70.3 Å². The minimum Gasteiger partial charge on any atom is -0.441 e. The van der Waals surface area contributed by atoms with Crippen molar-refractivity contribution >= 4 is 27.8 Å². The summed E-state index contributed by atoms with van der Waals surface area (Å²) >= 11 is 3.40. The highest BCUT2D eigenvalue weighted by Gasteiger charge is 2.17. The van der Waals surface area contributed by atoms with Crippen molar-refractivity contribution in [1.82, 2.24) is 15.0 Å². The number of ether oxygens (including phenoxy) is 1. The lowest BCUT2D eigenvalue weighted by molar-refractivity contribution is 0.121. The maximum atomic E-state index is 12.3. The van der Waals surface area contributed by atoms with Crippen LogP contribution in [-0.4, -0.2) is 21.1 Å². The lowest BCUT2D eigenvalue weighted by Crippen LogP contribution is -2.18. The molecule has 2 aromatic carbocycles. The lowest BCUT2D eigenvalue weighted by Gasteiger charge is -2.15. The number of hydrogen-bond acceptors (Lipinski definition) is 4. The molecule has 1 amide bonds. The largest absolute Gasteiger partial charge is 0.441 e. The van der Waals surface area contributed by atoms with Gasteiger partial charge in [0, 0.05) is 4.47 Å². The van der Waals surface area contributed by atoms with Gasteiger partial charge in [0.2, 0.25) is 0 Å². The number of aromatic nitrogens is 3. The Bertz CT molecular complexity index is 863. The normalized spacial score (nSPS) is 11.8. The van der Waals surface area contributed by atoms with Gasteiger partial charge in [-0.1, -0.05) is 51.5 Å². The molecule has 3 rings (SSSR count). The van der Waals surface area contributed by atoms with Crippen LogP contribution < -0.4 is 5.32 Å². The summed E-state index contributed by atoms with van der Waals surface area (Å²) in [6.07, 6.45) is -0.918. The van der Waals surface area contributed by atoms with Gasteiger partial charge in [0.05, 0.1) is 5.69 Å². The van der Waals surface area contributed by atoms with E-state index in [1.807, 2.05) is 61.5 Å². The van der Waals surface area contributed by atoms with Crippen LogP contribution in [0.4, 0.5) is 10.6 Å². The third-order valence-corrected chi connectivity index (χ3v) is 4.21. The molecular formula is C18H17BrN4O2. The summed E-state index contributed by atoms with van der Waals surface area (Å²) in [6.45, 7) is 3.60. The minimum absolute atomic E-state index is 0.362. The summed E-state index contributed by atoms with van der Waals surface area (Å²) in [7, 11) is 0. The maximum absolute atomic E-state index is 12.3. The van der Waals surface area contributed by atoms with Crippen molar-refractivity contribution in [1.29, 1.82) is 0 Å². The first-order valence-electron chi connectivity index (χ1n) is 7.75. The fraction of sp³-hybridized carbons (Fsp3) is 0.167. The smallest absolute Gasteiger partial charge is 0.413 e. The lowest BCUT2D eigenvalue weighted by atomic mass is 10.1. The van der Waals surface area contributed by atoms with E-state index >= 15 is 0 Å². The van der Waals surface area contributed by atoms with Crippen LogP contribution in [0, 0.1) is 6.92 Å². The van der Waals surface area contributed by atoms with E-state index in [0.29, 0.717) is 11.5 Å². The number of halogens is 1. The number of benzene rings is 2. The molecule has 0 spiro atoms. The fourth-order valence-electron chi connectivity index (χ4n) is 2.34. The first kappa shape index (κ1) is 17.2. The molecule has 0 saturated carbocycles. The molecule has 128 valence electrons. The zero-order chi connectivity index (χ0) is 17.8. The Morgan fingerprint density at radius 3 is 2.52 bits per heavy atom. The van der Waals surface area contributed by atoms with Crippen molar-refractivity contribution in [2.24, 2.45) is 0 Å². The van der Waals surface area contributed by atoms with Gasteiger partial charge in [0.1, 0.15) is 11.8 Å². The van der Waals surface area contributed by atoms with Gasteiger partial charge in [-0.05, 0) is 43.7 Å². The Morgan fingerprint density at radius 1 is 1.16 bits per heavy atom. The third kappa shape index (κ3) is 4.06. The van der Waals surface area contributed by atoms with E-state index in [1.54, 1.807) is 11.6 Å². The molecule has 3 aromatic rings. The molecule has 0 aliphatic rings. The van der Waals surface area contributed by atoms with E-state index in [0.717, 1.165) is 15.7 Å². The highest BCUT2D eigenvalue weighted by Crippen LogP contribution is 2.21. The molecule has 6 nitrogen and oxygen atoms in total. The van der Waals surface area contributed by atoms with Crippen LogP contribution in [0.25, 0.3) is 5.69 Å². The van der Waals surface area contributed by atoms with Gasteiger partial charge in [0.25, 0.3) is 0 Å². The number of nitrogens with one attached hydrogen (secondary N) is 1. The molecule has 0 aliphatic carbocycles. The molecule has 0 fully saturated rings. The second-order valence-electron chi connectivity index (χ2n) is 5.49. The molecule has 1 aromatic heterocycles. The Hall–Kier alpha value is -2.67. The fourth-order valence-corrected chi connectivity index (χ4v) is 2.61. The second kappa shape index (κ2) is 7.48. The monoisotopic (exact) mass is 400 g/mol. The number of hydrogen-bond donors (Lipinski definition) is 1. The summed E-state index contributed by atoms with van der Waals surface area (Å²) in [5, 5.41) is 10.9. The van der Waals surface area contributed by atoms with Gasteiger partial charge in [0.15, 0.2) is 5.82 Å². The Balaban J connectivity index is 1.75. The van der Waals surface area contributed by atoms with Gasteiger partial charge in [-0.3, -0.25) is 5.32 Å². The summed E-state index contributed by atoms with van der Waals surface area (Å²) < 4.78 is 7.97. The van der Waals surface area contributed by atoms with Gasteiger partial charge in [-0.2, -0.15) is 4.68 Å². The van der Waals surface area contributed by atoms with E-state index in [2.05, 4.69) is 31.6 Å². The van der Waals surface area contributed by atoms with Crippen molar-refractivity contribution in [3.63, 3.8) is 0 Å². The number of carbonyl (C=O) groups excluding carboxylic acids is 1. The van der Waals surface area contributed by atoms with Crippen LogP contribution in [0.1, 0.15) is 24.3 Å². The van der Waals surface area contributed by atoms with Crippen molar-refractivity contribution in [2.75, 3.05) is 5.32 Å². The predicted octanol–water partition coefficient (Wildman–Crippen LogP) is 4.65. The number of anilines is 1. The number of carbonyl (C=O) groups is 1. The molecule has 7 heteroatoms. The molecule has 1 heterocycles. The van der Waals surface area contributed by atoms with Gasteiger partial charge in [-0.25, -0.2) is 4.79 Å². The van der Waals surface area contributed by atoms with Gasteiger partial charge in [-0.15, -0.1) is 5.10 Å². The van der Waals surface area contributed by atoms with E-state index < -0.39 is 6.09 Å². The molecule has 0 radical (unpaired) electrons. The Labute approximate surface area is 153 Å². The van der Waals surface area contributed by atoms with Crippen LogP contribution >= 0.6 is 15.9 Å². The van der Waals surface area contributed by atoms with E-state index in [1.165, 1.54) is 0 Å². The quantitative estimate of drug-likeness (QED) is 0.691. The first-order chi connectivity index (χ1) is 12.0. The second-order valence-corrected chi connectivity index (χ2v) is 6.41. The number of nitrogens with zero attached hydrogens (tertiary/aromatic N) is 3. The predicted molar refractivity (Wildman–Crippen MR) is 98.8 cm³/mol. The number of aryl methyl sites for hydroxylation is 1. The topological polar surface area (TPSA) is 69.0 Å². The molecule has 0 bridgehead atoms. The first-order valence-corrected chi connectivity index (χ1v) is 8.54. The SMILES string of the molecule is Cc1nnn(-c2ccc(Br)cc2)c1NC(=O)O[C@H](C)c1ccccc1. The van der Waals surface area contributed by atoms with Crippen LogP contribution in [0.5, 0.6) is 0 Å².